The average Bonchev–Trinajstić information content (AvgIpc) is 2.82. The quantitative estimate of drug-likeness (QED) is 0.896. The van der Waals surface area contributed by atoms with Gasteiger partial charge < -0.3 is 10.2 Å². The van der Waals surface area contributed by atoms with Crippen LogP contribution in [0.25, 0.3) is 0 Å². The largest absolute Gasteiger partial charge is 0.315 e. The number of anilines is 1. The van der Waals surface area contributed by atoms with Gasteiger partial charge in [-0.05, 0) is 43.7 Å². The molecule has 0 aliphatic carbocycles. The molecule has 1 aliphatic rings. The van der Waals surface area contributed by atoms with Gasteiger partial charge in [0.25, 0.3) is 0 Å². The van der Waals surface area contributed by atoms with Crippen molar-refractivity contribution in [3.05, 3.63) is 29.3 Å². The van der Waals surface area contributed by atoms with Crippen LogP contribution in [0.3, 0.4) is 0 Å². The van der Waals surface area contributed by atoms with E-state index in [1.54, 1.807) is 24.1 Å². The third-order valence-electron chi connectivity index (χ3n) is 3.17. The van der Waals surface area contributed by atoms with Gasteiger partial charge in [-0.2, -0.15) is 0 Å². The normalized spacial score (nSPS) is 19.3. The van der Waals surface area contributed by atoms with Crippen LogP contribution in [0.1, 0.15) is 19.3 Å². The third kappa shape index (κ3) is 3.20. The maximum atomic E-state index is 12.0. The number of benzene rings is 1. The second-order valence-corrected chi connectivity index (χ2v) is 4.86. The number of amides is 1. The molecule has 0 spiro atoms. The Morgan fingerprint density at radius 1 is 1.47 bits per heavy atom. The predicted molar refractivity (Wildman–Crippen MR) is 70.5 cm³/mol. The highest BCUT2D eigenvalue weighted by molar-refractivity contribution is 6.30. The second kappa shape index (κ2) is 5.52. The highest BCUT2D eigenvalue weighted by Crippen LogP contribution is 2.18. The van der Waals surface area contributed by atoms with Crippen LogP contribution >= 0.6 is 11.6 Å². The molecular formula is C13H17ClN2O. The van der Waals surface area contributed by atoms with E-state index in [0.717, 1.165) is 18.7 Å². The van der Waals surface area contributed by atoms with Crippen molar-refractivity contribution in [2.75, 3.05) is 18.5 Å². The molecule has 1 heterocycles. The van der Waals surface area contributed by atoms with Gasteiger partial charge in [0.2, 0.25) is 5.91 Å². The summed E-state index contributed by atoms with van der Waals surface area (Å²) in [5.41, 5.74) is 0.886. The highest BCUT2D eigenvalue weighted by atomic mass is 35.5. The Bertz CT molecular complexity index is 385. The maximum absolute atomic E-state index is 12.0. The third-order valence-corrected chi connectivity index (χ3v) is 3.42. The minimum absolute atomic E-state index is 0.145. The fourth-order valence-corrected chi connectivity index (χ4v) is 2.21. The summed E-state index contributed by atoms with van der Waals surface area (Å²) in [4.78, 5) is 13.7. The lowest BCUT2D eigenvalue weighted by molar-refractivity contribution is -0.118. The van der Waals surface area contributed by atoms with E-state index in [1.807, 2.05) is 12.1 Å². The minimum Gasteiger partial charge on any atom is -0.315 e. The summed E-state index contributed by atoms with van der Waals surface area (Å²) in [6.07, 6.45) is 2.84. The second-order valence-electron chi connectivity index (χ2n) is 4.43. The standard InChI is InChI=1S/C13H17ClN2O/c1-16(12-6-4-10(14)5-7-12)13(17)9-11-3-2-8-15-11/h4-7,11,15H,2-3,8-9H2,1H3. The van der Waals surface area contributed by atoms with Gasteiger partial charge in [-0.25, -0.2) is 0 Å². The number of carbonyl (C=O) groups is 1. The molecule has 0 radical (unpaired) electrons. The first-order valence-electron chi connectivity index (χ1n) is 5.92. The molecule has 17 heavy (non-hydrogen) atoms. The molecule has 1 amide bonds. The zero-order chi connectivity index (χ0) is 12.3. The Labute approximate surface area is 107 Å². The molecule has 1 aromatic rings. The fraction of sp³-hybridized carbons (Fsp3) is 0.462. The molecular weight excluding hydrogens is 236 g/mol. The molecule has 1 saturated heterocycles. The SMILES string of the molecule is CN(C(=O)CC1CCCN1)c1ccc(Cl)cc1. The Balaban J connectivity index is 1.96. The molecule has 3 nitrogen and oxygen atoms in total. The molecule has 0 aromatic heterocycles. The lowest BCUT2D eigenvalue weighted by Gasteiger charge is -2.19. The van der Waals surface area contributed by atoms with Crippen molar-refractivity contribution in [3.8, 4) is 0 Å². The smallest absolute Gasteiger partial charge is 0.228 e. The van der Waals surface area contributed by atoms with Crippen molar-refractivity contribution >= 4 is 23.2 Å². The highest BCUT2D eigenvalue weighted by Gasteiger charge is 2.20. The molecule has 1 unspecified atom stereocenters. The lowest BCUT2D eigenvalue weighted by Crippen LogP contribution is -2.33. The van der Waals surface area contributed by atoms with Gasteiger partial charge in [-0.1, -0.05) is 11.6 Å². The monoisotopic (exact) mass is 252 g/mol. The van der Waals surface area contributed by atoms with Gasteiger partial charge in [0, 0.05) is 30.2 Å². The van der Waals surface area contributed by atoms with Gasteiger partial charge in [-0.15, -0.1) is 0 Å². The molecule has 1 aliphatic heterocycles. The van der Waals surface area contributed by atoms with Crippen molar-refractivity contribution in [2.45, 2.75) is 25.3 Å². The Kier molecular flexibility index (Phi) is 4.02. The number of carbonyl (C=O) groups excluding carboxylic acids is 1. The van der Waals surface area contributed by atoms with Crippen molar-refractivity contribution in [2.24, 2.45) is 0 Å². The number of nitrogens with zero attached hydrogens (tertiary/aromatic N) is 1. The van der Waals surface area contributed by atoms with E-state index in [2.05, 4.69) is 5.32 Å². The first kappa shape index (κ1) is 12.4. The van der Waals surface area contributed by atoms with E-state index in [9.17, 15) is 4.79 Å². The van der Waals surface area contributed by atoms with Gasteiger partial charge in [0.05, 0.1) is 0 Å². The van der Waals surface area contributed by atoms with E-state index < -0.39 is 0 Å². The molecule has 0 bridgehead atoms. The lowest BCUT2D eigenvalue weighted by atomic mass is 10.1. The van der Waals surface area contributed by atoms with Gasteiger partial charge in [-0.3, -0.25) is 4.79 Å². The molecule has 4 heteroatoms. The molecule has 1 N–H and O–H groups in total. The van der Waals surface area contributed by atoms with Crippen LogP contribution in [0.15, 0.2) is 24.3 Å². The van der Waals surface area contributed by atoms with E-state index in [0.29, 0.717) is 17.5 Å². The summed E-state index contributed by atoms with van der Waals surface area (Å²) in [5, 5.41) is 4.02. The van der Waals surface area contributed by atoms with Crippen molar-refractivity contribution in [3.63, 3.8) is 0 Å². The predicted octanol–water partition coefficient (Wildman–Crippen LogP) is 2.44. The molecule has 1 fully saturated rings. The zero-order valence-electron chi connectivity index (χ0n) is 9.95. The summed E-state index contributed by atoms with van der Waals surface area (Å²) in [6.45, 7) is 1.03. The Morgan fingerprint density at radius 2 is 2.18 bits per heavy atom. The minimum atomic E-state index is 0.145. The first-order valence-corrected chi connectivity index (χ1v) is 6.30. The van der Waals surface area contributed by atoms with Crippen LogP contribution in [-0.4, -0.2) is 25.5 Å². The van der Waals surface area contributed by atoms with Crippen LogP contribution in [0.5, 0.6) is 0 Å². The van der Waals surface area contributed by atoms with E-state index in [-0.39, 0.29) is 5.91 Å². The number of hydrogen-bond donors (Lipinski definition) is 1. The average molecular weight is 253 g/mol. The number of nitrogens with one attached hydrogen (secondary N) is 1. The summed E-state index contributed by atoms with van der Waals surface area (Å²) in [5.74, 6) is 0.145. The Hall–Kier alpha value is -1.06. The van der Waals surface area contributed by atoms with Gasteiger partial charge >= 0.3 is 0 Å². The molecule has 2 rings (SSSR count). The maximum Gasteiger partial charge on any atom is 0.228 e. The fourth-order valence-electron chi connectivity index (χ4n) is 2.09. The molecule has 92 valence electrons. The summed E-state index contributed by atoms with van der Waals surface area (Å²) >= 11 is 5.82. The van der Waals surface area contributed by atoms with Crippen LogP contribution in [0.2, 0.25) is 5.02 Å². The van der Waals surface area contributed by atoms with Gasteiger partial charge in [0.1, 0.15) is 0 Å². The van der Waals surface area contributed by atoms with Crippen LogP contribution in [0.4, 0.5) is 5.69 Å². The summed E-state index contributed by atoms with van der Waals surface area (Å²) < 4.78 is 0. The number of rotatable bonds is 3. The van der Waals surface area contributed by atoms with Crippen LogP contribution in [0, 0.1) is 0 Å². The topological polar surface area (TPSA) is 32.3 Å². The molecule has 1 atom stereocenters. The van der Waals surface area contributed by atoms with Gasteiger partial charge in [0.15, 0.2) is 0 Å². The van der Waals surface area contributed by atoms with Crippen LogP contribution < -0.4 is 10.2 Å². The van der Waals surface area contributed by atoms with Crippen molar-refractivity contribution < 1.29 is 4.79 Å². The van der Waals surface area contributed by atoms with Crippen molar-refractivity contribution in [1.29, 1.82) is 0 Å². The van der Waals surface area contributed by atoms with Crippen molar-refractivity contribution in [1.82, 2.24) is 5.32 Å². The number of halogens is 1. The van der Waals surface area contributed by atoms with E-state index in [4.69, 9.17) is 11.6 Å². The zero-order valence-corrected chi connectivity index (χ0v) is 10.7. The molecule has 1 aromatic carbocycles. The van der Waals surface area contributed by atoms with E-state index >= 15 is 0 Å². The summed E-state index contributed by atoms with van der Waals surface area (Å²) in [6, 6.07) is 7.67. The first-order chi connectivity index (χ1) is 8.16. The van der Waals surface area contributed by atoms with E-state index in [1.165, 1.54) is 6.42 Å². The Morgan fingerprint density at radius 3 is 2.76 bits per heavy atom. The van der Waals surface area contributed by atoms with Crippen LogP contribution in [-0.2, 0) is 4.79 Å². The molecule has 0 saturated carbocycles. The number of hydrogen-bond acceptors (Lipinski definition) is 2. The summed E-state index contributed by atoms with van der Waals surface area (Å²) in [7, 11) is 1.81.